The van der Waals surface area contributed by atoms with Crippen LogP contribution in [0.15, 0.2) is 18.2 Å². The summed E-state index contributed by atoms with van der Waals surface area (Å²) in [6.07, 6.45) is 4.15. The lowest BCUT2D eigenvalue weighted by Crippen LogP contribution is -2.27. The molecule has 1 aromatic carbocycles. The maximum absolute atomic E-state index is 12.2. The topological polar surface area (TPSA) is 55.1 Å². The molecule has 2 rings (SSSR count). The van der Waals surface area contributed by atoms with E-state index >= 15 is 0 Å². The molecule has 0 saturated heterocycles. The van der Waals surface area contributed by atoms with Gasteiger partial charge in [0, 0.05) is 5.92 Å². The van der Waals surface area contributed by atoms with Gasteiger partial charge >= 0.3 is 0 Å². The maximum Gasteiger partial charge on any atom is 0.227 e. The number of carbonyl (C=O) groups excluding carboxylic acids is 1. The lowest BCUT2D eigenvalue weighted by molar-refractivity contribution is -0.121. The summed E-state index contributed by atoms with van der Waals surface area (Å²) >= 11 is 6.04. The maximum atomic E-state index is 12.2. The predicted octanol–water partition coefficient (Wildman–Crippen LogP) is 3.69. The first-order valence-corrected chi connectivity index (χ1v) is 6.80. The third-order valence-corrected chi connectivity index (χ3v) is 4.00. The number of hydrogen-bond donors (Lipinski definition) is 2. The molecule has 3 nitrogen and oxygen atoms in total. The van der Waals surface area contributed by atoms with Gasteiger partial charge in [0.25, 0.3) is 0 Å². The second-order valence-corrected chi connectivity index (χ2v) is 5.56. The molecule has 0 aliphatic heterocycles. The molecule has 3 N–H and O–H groups in total. The highest BCUT2D eigenvalue weighted by Gasteiger charge is 2.25. The third kappa shape index (κ3) is 2.96. The summed E-state index contributed by atoms with van der Waals surface area (Å²) in [7, 11) is 0. The molecule has 1 fully saturated rings. The second-order valence-electron chi connectivity index (χ2n) is 5.15. The molecule has 1 amide bonds. The molecule has 98 valence electrons. The van der Waals surface area contributed by atoms with E-state index in [9.17, 15) is 4.79 Å². The lowest BCUT2D eigenvalue weighted by Gasteiger charge is -2.25. The first kappa shape index (κ1) is 13.2. The molecule has 1 saturated carbocycles. The van der Waals surface area contributed by atoms with E-state index in [1.165, 1.54) is 0 Å². The molecule has 0 radical (unpaired) electrons. The van der Waals surface area contributed by atoms with Crippen molar-refractivity contribution in [2.24, 2.45) is 11.8 Å². The first-order chi connectivity index (χ1) is 8.58. The van der Waals surface area contributed by atoms with Crippen molar-refractivity contribution in [2.45, 2.75) is 32.6 Å². The van der Waals surface area contributed by atoms with Crippen LogP contribution in [0.5, 0.6) is 0 Å². The highest BCUT2D eigenvalue weighted by atomic mass is 35.5. The zero-order chi connectivity index (χ0) is 13.1. The Bertz CT molecular complexity index is 419. The van der Waals surface area contributed by atoms with Gasteiger partial charge in [0.1, 0.15) is 0 Å². The number of carbonyl (C=O) groups is 1. The van der Waals surface area contributed by atoms with E-state index in [4.69, 9.17) is 17.3 Å². The summed E-state index contributed by atoms with van der Waals surface area (Å²) in [5.74, 6) is 0.873. The van der Waals surface area contributed by atoms with E-state index in [0.717, 1.165) is 31.6 Å². The summed E-state index contributed by atoms with van der Waals surface area (Å²) in [6.45, 7) is 2.24. The van der Waals surface area contributed by atoms with Gasteiger partial charge in [-0.3, -0.25) is 4.79 Å². The van der Waals surface area contributed by atoms with E-state index in [1.807, 2.05) is 0 Å². The van der Waals surface area contributed by atoms with E-state index in [0.29, 0.717) is 16.4 Å². The average Bonchev–Trinajstić information content (AvgIpc) is 2.34. The van der Waals surface area contributed by atoms with Crippen molar-refractivity contribution in [1.29, 1.82) is 0 Å². The Hall–Kier alpha value is -1.22. The number of benzene rings is 1. The van der Waals surface area contributed by atoms with Crippen molar-refractivity contribution in [2.75, 3.05) is 11.1 Å². The fourth-order valence-electron chi connectivity index (χ4n) is 2.42. The summed E-state index contributed by atoms with van der Waals surface area (Å²) in [5, 5.41) is 3.36. The van der Waals surface area contributed by atoms with Gasteiger partial charge in [-0.15, -0.1) is 0 Å². The fraction of sp³-hybridized carbons (Fsp3) is 0.500. The average molecular weight is 267 g/mol. The molecule has 0 unspecified atom stereocenters. The number of rotatable bonds is 2. The second kappa shape index (κ2) is 5.61. The van der Waals surface area contributed by atoms with Crippen LogP contribution in [-0.4, -0.2) is 5.91 Å². The van der Waals surface area contributed by atoms with Gasteiger partial charge in [-0.25, -0.2) is 0 Å². The van der Waals surface area contributed by atoms with E-state index < -0.39 is 0 Å². The number of anilines is 2. The summed E-state index contributed by atoms with van der Waals surface area (Å²) in [6, 6.07) is 5.25. The molecule has 0 heterocycles. The molecule has 18 heavy (non-hydrogen) atoms. The molecule has 1 aromatic rings. The van der Waals surface area contributed by atoms with Crippen LogP contribution in [0.2, 0.25) is 5.02 Å². The number of halogens is 1. The standard InChI is InChI=1S/C14H19ClN2O/c1-9-5-7-10(8-6-9)14(18)17-13-11(15)3-2-4-12(13)16/h2-4,9-10H,5-8,16H2,1H3,(H,17,18). The number of nitrogens with two attached hydrogens (primary N) is 1. The van der Waals surface area contributed by atoms with Crippen LogP contribution in [0.4, 0.5) is 11.4 Å². The van der Waals surface area contributed by atoms with E-state index in [1.54, 1.807) is 18.2 Å². The van der Waals surface area contributed by atoms with Gasteiger partial charge in [-0.2, -0.15) is 0 Å². The molecule has 0 atom stereocenters. The van der Waals surface area contributed by atoms with E-state index in [-0.39, 0.29) is 11.8 Å². The van der Waals surface area contributed by atoms with Crippen LogP contribution in [0.1, 0.15) is 32.6 Å². The molecular formula is C14H19ClN2O. The Morgan fingerprint density at radius 1 is 1.33 bits per heavy atom. The minimum atomic E-state index is 0.0432. The zero-order valence-corrected chi connectivity index (χ0v) is 11.3. The molecule has 0 aromatic heterocycles. The van der Waals surface area contributed by atoms with Crippen molar-refractivity contribution >= 4 is 28.9 Å². The summed E-state index contributed by atoms with van der Waals surface area (Å²) in [5.41, 5.74) is 6.88. The highest BCUT2D eigenvalue weighted by molar-refractivity contribution is 6.34. The summed E-state index contributed by atoms with van der Waals surface area (Å²) < 4.78 is 0. The quantitative estimate of drug-likeness (QED) is 0.802. The Kier molecular flexibility index (Phi) is 4.12. The van der Waals surface area contributed by atoms with Crippen molar-refractivity contribution < 1.29 is 4.79 Å². The molecule has 0 bridgehead atoms. The van der Waals surface area contributed by atoms with Gasteiger partial charge in [-0.05, 0) is 43.7 Å². The van der Waals surface area contributed by atoms with Crippen LogP contribution in [-0.2, 0) is 4.79 Å². The van der Waals surface area contributed by atoms with Crippen molar-refractivity contribution in [3.8, 4) is 0 Å². The van der Waals surface area contributed by atoms with Crippen LogP contribution < -0.4 is 11.1 Å². The third-order valence-electron chi connectivity index (χ3n) is 3.68. The van der Waals surface area contributed by atoms with Gasteiger partial charge in [-0.1, -0.05) is 24.6 Å². The largest absolute Gasteiger partial charge is 0.397 e. The normalized spacial score (nSPS) is 23.7. The smallest absolute Gasteiger partial charge is 0.227 e. The van der Waals surface area contributed by atoms with Crippen LogP contribution in [0.25, 0.3) is 0 Å². The van der Waals surface area contributed by atoms with Crippen LogP contribution >= 0.6 is 11.6 Å². The minimum absolute atomic E-state index is 0.0432. The Morgan fingerprint density at radius 3 is 2.61 bits per heavy atom. The van der Waals surface area contributed by atoms with Gasteiger partial charge < -0.3 is 11.1 Å². The molecule has 1 aliphatic rings. The Labute approximate surface area is 113 Å². The van der Waals surface area contributed by atoms with Gasteiger partial charge in [0.05, 0.1) is 16.4 Å². The first-order valence-electron chi connectivity index (χ1n) is 6.42. The SMILES string of the molecule is CC1CCC(C(=O)Nc2c(N)cccc2Cl)CC1. The molecule has 1 aliphatic carbocycles. The van der Waals surface area contributed by atoms with Crippen LogP contribution in [0.3, 0.4) is 0 Å². The number of amides is 1. The fourth-order valence-corrected chi connectivity index (χ4v) is 2.65. The lowest BCUT2D eigenvalue weighted by atomic mass is 9.82. The predicted molar refractivity (Wildman–Crippen MR) is 75.6 cm³/mol. The van der Waals surface area contributed by atoms with E-state index in [2.05, 4.69) is 12.2 Å². The number of para-hydroxylation sites is 1. The summed E-state index contributed by atoms with van der Waals surface area (Å²) in [4.78, 5) is 12.2. The monoisotopic (exact) mass is 266 g/mol. The zero-order valence-electron chi connectivity index (χ0n) is 10.6. The van der Waals surface area contributed by atoms with Crippen LogP contribution in [0, 0.1) is 11.8 Å². The van der Waals surface area contributed by atoms with Gasteiger partial charge in [0.2, 0.25) is 5.91 Å². The van der Waals surface area contributed by atoms with Crippen molar-refractivity contribution in [3.05, 3.63) is 23.2 Å². The molecular weight excluding hydrogens is 248 g/mol. The minimum Gasteiger partial charge on any atom is -0.397 e. The van der Waals surface area contributed by atoms with Crippen molar-refractivity contribution in [3.63, 3.8) is 0 Å². The Morgan fingerprint density at radius 2 is 2.00 bits per heavy atom. The number of nitrogens with one attached hydrogen (secondary N) is 1. The highest BCUT2D eigenvalue weighted by Crippen LogP contribution is 2.32. The number of hydrogen-bond acceptors (Lipinski definition) is 2. The van der Waals surface area contributed by atoms with Gasteiger partial charge in [0.15, 0.2) is 0 Å². The van der Waals surface area contributed by atoms with Crippen molar-refractivity contribution in [1.82, 2.24) is 0 Å². The molecule has 0 spiro atoms. The Balaban J connectivity index is 2.03. The molecule has 4 heteroatoms. The number of nitrogen functional groups attached to an aromatic ring is 1.